The van der Waals surface area contributed by atoms with Crippen LogP contribution in [0.15, 0.2) is 23.8 Å². The second-order valence-electron chi connectivity index (χ2n) is 11.4. The lowest BCUT2D eigenvalue weighted by Gasteiger charge is -2.60. The molecule has 160 valence electrons. The molecule has 1 saturated carbocycles. The first-order chi connectivity index (χ1) is 13.0. The molecule has 0 heterocycles. The minimum absolute atomic E-state index is 0.0243. The van der Waals surface area contributed by atoms with Crippen molar-refractivity contribution in [2.24, 2.45) is 5.41 Å². The normalized spacial score (nSPS) is 38.3. The Morgan fingerprint density at radius 3 is 2.29 bits per heavy atom. The number of ether oxygens (including phenoxy) is 1. The van der Waals surface area contributed by atoms with E-state index < -0.39 is 8.32 Å². The van der Waals surface area contributed by atoms with E-state index in [9.17, 15) is 0 Å². The fourth-order valence-electron chi connectivity index (χ4n) is 5.68. The van der Waals surface area contributed by atoms with Crippen LogP contribution >= 0.6 is 0 Å². The summed E-state index contributed by atoms with van der Waals surface area (Å²) >= 11 is 0. The Bertz CT molecular complexity index is 629. The lowest BCUT2D eigenvalue weighted by molar-refractivity contribution is -0.114. The van der Waals surface area contributed by atoms with Crippen molar-refractivity contribution in [3.8, 4) is 0 Å². The number of fused-ring (bicyclic) bond motifs is 6. The maximum Gasteiger partial charge on any atom is 0.192 e. The van der Waals surface area contributed by atoms with Crippen LogP contribution in [0.2, 0.25) is 18.1 Å². The SMILES string of the molecule is CO[C@]12CCC/C=C\CC[C@]3(O[Si](C)(C)C(C)(C)C)CCC=C(C1)[C@]3(C)CC2. The number of methoxy groups -OCH3 is 1. The molecule has 4 aliphatic carbocycles. The average Bonchev–Trinajstić information content (AvgIpc) is 2.60. The largest absolute Gasteiger partial charge is 0.410 e. The molecule has 0 aromatic rings. The lowest BCUT2D eigenvalue weighted by Crippen LogP contribution is -2.61. The van der Waals surface area contributed by atoms with Crippen LogP contribution in [-0.4, -0.2) is 26.6 Å². The second-order valence-corrected chi connectivity index (χ2v) is 16.1. The average molecular weight is 405 g/mol. The van der Waals surface area contributed by atoms with Crippen LogP contribution in [0.25, 0.3) is 0 Å². The van der Waals surface area contributed by atoms with Gasteiger partial charge in [0.25, 0.3) is 0 Å². The van der Waals surface area contributed by atoms with Crippen LogP contribution in [0, 0.1) is 5.41 Å². The fourth-order valence-corrected chi connectivity index (χ4v) is 7.40. The molecule has 2 nitrogen and oxygen atoms in total. The van der Waals surface area contributed by atoms with Gasteiger partial charge in [0.15, 0.2) is 8.32 Å². The van der Waals surface area contributed by atoms with Crippen LogP contribution in [0.1, 0.15) is 91.9 Å². The van der Waals surface area contributed by atoms with Crippen molar-refractivity contribution in [3.63, 3.8) is 0 Å². The molecule has 4 bridgehead atoms. The van der Waals surface area contributed by atoms with Gasteiger partial charge < -0.3 is 9.16 Å². The Morgan fingerprint density at radius 2 is 1.61 bits per heavy atom. The lowest BCUT2D eigenvalue weighted by atomic mass is 9.53. The molecule has 0 aliphatic heterocycles. The number of hydrogen-bond acceptors (Lipinski definition) is 2. The summed E-state index contributed by atoms with van der Waals surface area (Å²) < 4.78 is 13.6. The van der Waals surface area contributed by atoms with Crippen LogP contribution in [0.5, 0.6) is 0 Å². The van der Waals surface area contributed by atoms with Gasteiger partial charge in [0, 0.05) is 12.5 Å². The highest BCUT2D eigenvalue weighted by atomic mass is 28.4. The highest BCUT2D eigenvalue weighted by Gasteiger charge is 2.58. The minimum atomic E-state index is -1.87. The fraction of sp³-hybridized carbons (Fsp3) is 0.840. The highest BCUT2D eigenvalue weighted by molar-refractivity contribution is 6.74. The van der Waals surface area contributed by atoms with E-state index >= 15 is 0 Å². The van der Waals surface area contributed by atoms with Gasteiger partial charge in [-0.2, -0.15) is 0 Å². The van der Waals surface area contributed by atoms with Crippen molar-refractivity contribution in [1.29, 1.82) is 0 Å². The van der Waals surface area contributed by atoms with Gasteiger partial charge in [-0.3, -0.25) is 0 Å². The van der Waals surface area contributed by atoms with Crippen LogP contribution < -0.4 is 0 Å². The van der Waals surface area contributed by atoms with Gasteiger partial charge >= 0.3 is 0 Å². The molecule has 0 aromatic carbocycles. The summed E-state index contributed by atoms with van der Waals surface area (Å²) in [6, 6.07) is 0. The molecular formula is C25H44O2Si. The quantitative estimate of drug-likeness (QED) is 0.357. The summed E-state index contributed by atoms with van der Waals surface area (Å²) in [6.45, 7) is 14.5. The van der Waals surface area contributed by atoms with Crippen molar-refractivity contribution in [1.82, 2.24) is 0 Å². The van der Waals surface area contributed by atoms with Gasteiger partial charge in [-0.25, -0.2) is 0 Å². The zero-order valence-electron chi connectivity index (χ0n) is 19.6. The first-order valence-electron chi connectivity index (χ1n) is 11.6. The Morgan fingerprint density at radius 1 is 0.929 bits per heavy atom. The molecule has 1 fully saturated rings. The highest BCUT2D eigenvalue weighted by Crippen LogP contribution is 2.61. The topological polar surface area (TPSA) is 18.5 Å². The first kappa shape index (κ1) is 22.3. The second kappa shape index (κ2) is 7.70. The molecule has 0 spiro atoms. The molecule has 0 N–H and O–H groups in total. The smallest absolute Gasteiger partial charge is 0.192 e. The maximum atomic E-state index is 7.43. The predicted octanol–water partition coefficient (Wildman–Crippen LogP) is 7.56. The van der Waals surface area contributed by atoms with Crippen molar-refractivity contribution >= 4 is 8.32 Å². The van der Waals surface area contributed by atoms with E-state index in [0.29, 0.717) is 0 Å². The Hall–Kier alpha value is -0.383. The summed E-state index contributed by atoms with van der Waals surface area (Å²) in [7, 11) is 0.0686. The zero-order valence-corrected chi connectivity index (χ0v) is 20.6. The van der Waals surface area contributed by atoms with E-state index in [4.69, 9.17) is 9.16 Å². The summed E-state index contributed by atoms with van der Waals surface area (Å²) in [4.78, 5) is 0. The van der Waals surface area contributed by atoms with Crippen molar-refractivity contribution in [3.05, 3.63) is 23.8 Å². The van der Waals surface area contributed by atoms with Gasteiger partial charge in [-0.15, -0.1) is 0 Å². The minimum Gasteiger partial charge on any atom is -0.410 e. The summed E-state index contributed by atoms with van der Waals surface area (Å²) in [5.41, 5.74) is 1.80. The van der Waals surface area contributed by atoms with E-state index in [0.717, 1.165) is 25.7 Å². The molecule has 3 heteroatoms. The summed E-state index contributed by atoms with van der Waals surface area (Å²) in [5.74, 6) is 0. The van der Waals surface area contributed by atoms with E-state index in [1.54, 1.807) is 5.57 Å². The third-order valence-corrected chi connectivity index (χ3v) is 13.3. The molecule has 28 heavy (non-hydrogen) atoms. The third kappa shape index (κ3) is 3.84. The Kier molecular flexibility index (Phi) is 6.14. The maximum absolute atomic E-state index is 7.43. The monoisotopic (exact) mass is 404 g/mol. The number of rotatable bonds is 3. The van der Waals surface area contributed by atoms with E-state index in [1.807, 2.05) is 7.11 Å². The molecule has 4 aliphatic rings. The van der Waals surface area contributed by atoms with E-state index in [-0.39, 0.29) is 21.7 Å². The van der Waals surface area contributed by atoms with Gasteiger partial charge in [0.05, 0.1) is 11.2 Å². The molecule has 0 aromatic heterocycles. The van der Waals surface area contributed by atoms with Gasteiger partial charge in [-0.1, -0.05) is 51.5 Å². The summed E-state index contributed by atoms with van der Waals surface area (Å²) in [5, 5.41) is 0.240. The Balaban J connectivity index is 2.05. The van der Waals surface area contributed by atoms with E-state index in [1.165, 1.54) is 38.5 Å². The van der Waals surface area contributed by atoms with Crippen LogP contribution in [0.3, 0.4) is 0 Å². The molecule has 0 amide bonds. The van der Waals surface area contributed by atoms with E-state index in [2.05, 4.69) is 59.0 Å². The van der Waals surface area contributed by atoms with Crippen molar-refractivity contribution in [2.75, 3.05) is 7.11 Å². The summed E-state index contributed by atoms with van der Waals surface area (Å²) in [6.07, 6.45) is 19.1. The van der Waals surface area contributed by atoms with Gasteiger partial charge in [-0.05, 0) is 82.3 Å². The van der Waals surface area contributed by atoms with Crippen molar-refractivity contribution in [2.45, 2.75) is 121 Å². The van der Waals surface area contributed by atoms with Gasteiger partial charge in [0.2, 0.25) is 0 Å². The molecule has 0 saturated heterocycles. The molecule has 4 rings (SSSR count). The van der Waals surface area contributed by atoms with Crippen LogP contribution in [0.4, 0.5) is 0 Å². The Labute approximate surface area is 175 Å². The molecule has 3 atom stereocenters. The first-order valence-corrected chi connectivity index (χ1v) is 14.5. The number of hydrogen-bond donors (Lipinski definition) is 0. The number of allylic oxidation sites excluding steroid dienone is 3. The standard InChI is InChI=1S/C25H44O2Si/c1-22(2,3)28(6,7)27-25-16-12-10-8-9-11-15-24(26-5)19-18-23(25,4)21(20-24)14-13-17-25/h8,10,14H,9,11-13,15-20H2,1-7H3/b10-8-/t23-,24-,25-/m0/s1. The van der Waals surface area contributed by atoms with Crippen LogP contribution in [-0.2, 0) is 9.16 Å². The zero-order chi connectivity index (χ0) is 20.7. The molecule has 0 unspecified atom stereocenters. The van der Waals surface area contributed by atoms with Gasteiger partial charge in [0.1, 0.15) is 0 Å². The molecular weight excluding hydrogens is 360 g/mol. The molecule has 0 radical (unpaired) electrons. The van der Waals surface area contributed by atoms with Crippen molar-refractivity contribution < 1.29 is 9.16 Å². The third-order valence-electron chi connectivity index (χ3n) is 8.82. The predicted molar refractivity (Wildman–Crippen MR) is 122 cm³/mol.